The van der Waals surface area contributed by atoms with Gasteiger partial charge in [-0.05, 0) is 36.2 Å². The van der Waals surface area contributed by atoms with Crippen LogP contribution in [0.3, 0.4) is 0 Å². The summed E-state index contributed by atoms with van der Waals surface area (Å²) < 4.78 is 53.0. The Hall–Kier alpha value is -1.74. The van der Waals surface area contributed by atoms with Crippen molar-refractivity contribution in [2.45, 2.75) is 23.3 Å². The van der Waals surface area contributed by atoms with Gasteiger partial charge in [-0.1, -0.05) is 30.3 Å². The number of nitrogens with zero attached hydrogens (tertiary/aromatic N) is 1. The number of sulfonamides is 2. The molecule has 0 heterocycles. The zero-order valence-corrected chi connectivity index (χ0v) is 15.4. The number of hydrogen-bond acceptors (Lipinski definition) is 4. The Kier molecular flexibility index (Phi) is 5.44. The first-order chi connectivity index (χ1) is 11.1. The van der Waals surface area contributed by atoms with Gasteiger partial charge in [-0.25, -0.2) is 25.9 Å². The van der Waals surface area contributed by atoms with Gasteiger partial charge in [-0.3, -0.25) is 0 Å². The first-order valence-corrected chi connectivity index (χ1v) is 10.1. The van der Waals surface area contributed by atoms with E-state index >= 15 is 0 Å². The van der Waals surface area contributed by atoms with Crippen LogP contribution in [0.4, 0.5) is 0 Å². The highest BCUT2D eigenvalue weighted by atomic mass is 32.2. The van der Waals surface area contributed by atoms with E-state index in [2.05, 4.69) is 4.72 Å². The van der Waals surface area contributed by atoms with Gasteiger partial charge in [0.25, 0.3) is 0 Å². The third kappa shape index (κ3) is 4.02. The summed E-state index contributed by atoms with van der Waals surface area (Å²) in [6.07, 6.45) is 0. The second-order valence-corrected chi connectivity index (χ2v) is 9.42. The Morgan fingerprint density at radius 1 is 0.958 bits per heavy atom. The second-order valence-electron chi connectivity index (χ2n) is 5.54. The summed E-state index contributed by atoms with van der Waals surface area (Å²) in [6.45, 7) is 1.69. The van der Waals surface area contributed by atoms with Gasteiger partial charge >= 0.3 is 0 Å². The largest absolute Gasteiger partial charge is 0.242 e. The molecule has 2 aromatic rings. The molecule has 0 fully saturated rings. The van der Waals surface area contributed by atoms with Crippen molar-refractivity contribution in [2.75, 3.05) is 14.1 Å². The zero-order valence-electron chi connectivity index (χ0n) is 13.7. The maximum Gasteiger partial charge on any atom is 0.242 e. The molecular formula is C16H20N2O4S2. The van der Waals surface area contributed by atoms with Gasteiger partial charge in [0.2, 0.25) is 20.0 Å². The average Bonchev–Trinajstić information content (AvgIpc) is 2.53. The fraction of sp³-hybridized carbons (Fsp3) is 0.250. The minimum absolute atomic E-state index is 0.0851. The Morgan fingerprint density at radius 2 is 1.62 bits per heavy atom. The quantitative estimate of drug-likeness (QED) is 0.842. The van der Waals surface area contributed by atoms with E-state index in [1.165, 1.54) is 26.2 Å². The van der Waals surface area contributed by atoms with Crippen LogP contribution >= 0.6 is 0 Å². The summed E-state index contributed by atoms with van der Waals surface area (Å²) in [4.78, 5) is 0.234. The standard InChI is InChI=1S/C16H20N2O4S2/c1-13-7-6-9-15(11-13)23(19,20)17-12-14-8-4-5-10-16(14)24(21,22)18(2)3/h4-11,17H,12H2,1-3H3. The molecule has 0 atom stereocenters. The third-order valence-corrected chi connectivity index (χ3v) is 6.80. The summed E-state index contributed by atoms with van der Waals surface area (Å²) in [7, 11) is -4.50. The molecule has 1 N–H and O–H groups in total. The van der Waals surface area contributed by atoms with E-state index < -0.39 is 20.0 Å². The molecule has 0 aliphatic carbocycles. The van der Waals surface area contributed by atoms with Crippen LogP contribution in [0.1, 0.15) is 11.1 Å². The van der Waals surface area contributed by atoms with Gasteiger partial charge in [0.15, 0.2) is 0 Å². The van der Waals surface area contributed by atoms with E-state index in [9.17, 15) is 16.8 Å². The first kappa shape index (κ1) is 18.6. The summed E-state index contributed by atoms with van der Waals surface area (Å²) in [6, 6.07) is 12.9. The van der Waals surface area contributed by atoms with Crippen LogP contribution in [-0.2, 0) is 26.6 Å². The minimum atomic E-state index is -3.72. The summed E-state index contributed by atoms with van der Waals surface area (Å²) in [5, 5.41) is 0. The van der Waals surface area contributed by atoms with Crippen LogP contribution in [0.15, 0.2) is 58.3 Å². The van der Waals surface area contributed by atoms with Gasteiger partial charge in [0, 0.05) is 20.6 Å². The highest BCUT2D eigenvalue weighted by Crippen LogP contribution is 2.19. The van der Waals surface area contributed by atoms with Crippen molar-refractivity contribution in [3.8, 4) is 0 Å². The topological polar surface area (TPSA) is 83.5 Å². The van der Waals surface area contributed by atoms with E-state index in [1.807, 2.05) is 0 Å². The number of benzene rings is 2. The molecule has 0 radical (unpaired) electrons. The Balaban J connectivity index is 2.31. The molecule has 130 valence electrons. The summed E-state index contributed by atoms with van der Waals surface area (Å²) in [5.41, 5.74) is 1.22. The smallest absolute Gasteiger partial charge is 0.207 e. The molecule has 0 aliphatic rings. The van der Waals surface area contributed by atoms with Crippen molar-refractivity contribution in [3.63, 3.8) is 0 Å². The van der Waals surface area contributed by atoms with Crippen LogP contribution in [0.5, 0.6) is 0 Å². The predicted octanol–water partition coefficient (Wildman–Crippen LogP) is 1.72. The van der Waals surface area contributed by atoms with Gasteiger partial charge in [0.1, 0.15) is 0 Å². The SMILES string of the molecule is Cc1cccc(S(=O)(=O)NCc2ccccc2S(=O)(=O)N(C)C)c1. The molecule has 0 unspecified atom stereocenters. The fourth-order valence-corrected chi connectivity index (χ4v) is 4.36. The van der Waals surface area contributed by atoms with Gasteiger partial charge in [-0.15, -0.1) is 0 Å². The van der Waals surface area contributed by atoms with Crippen molar-refractivity contribution in [3.05, 3.63) is 59.7 Å². The molecule has 0 saturated carbocycles. The molecule has 2 aromatic carbocycles. The molecule has 2 rings (SSSR count). The second kappa shape index (κ2) is 7.02. The lowest BCUT2D eigenvalue weighted by Crippen LogP contribution is -2.27. The first-order valence-electron chi connectivity index (χ1n) is 7.21. The minimum Gasteiger partial charge on any atom is -0.207 e. The average molecular weight is 368 g/mol. The molecule has 8 heteroatoms. The van der Waals surface area contributed by atoms with Crippen molar-refractivity contribution in [2.24, 2.45) is 0 Å². The molecular weight excluding hydrogens is 348 g/mol. The maximum atomic E-state index is 12.4. The molecule has 6 nitrogen and oxygen atoms in total. The normalized spacial score (nSPS) is 12.5. The Labute approximate surface area is 143 Å². The summed E-state index contributed by atoms with van der Waals surface area (Å²) >= 11 is 0. The number of aryl methyl sites for hydroxylation is 1. The number of rotatable bonds is 6. The van der Waals surface area contributed by atoms with E-state index in [0.717, 1.165) is 9.87 Å². The van der Waals surface area contributed by atoms with Gasteiger partial charge < -0.3 is 0 Å². The lowest BCUT2D eigenvalue weighted by atomic mass is 10.2. The van der Waals surface area contributed by atoms with Crippen molar-refractivity contribution < 1.29 is 16.8 Å². The van der Waals surface area contributed by atoms with E-state index in [4.69, 9.17) is 0 Å². The van der Waals surface area contributed by atoms with Crippen molar-refractivity contribution in [1.29, 1.82) is 0 Å². The van der Waals surface area contributed by atoms with Crippen molar-refractivity contribution in [1.82, 2.24) is 9.03 Å². The number of hydrogen-bond donors (Lipinski definition) is 1. The molecule has 0 bridgehead atoms. The highest BCUT2D eigenvalue weighted by Gasteiger charge is 2.22. The van der Waals surface area contributed by atoms with Crippen LogP contribution in [-0.4, -0.2) is 35.2 Å². The van der Waals surface area contributed by atoms with Gasteiger partial charge in [-0.2, -0.15) is 0 Å². The Morgan fingerprint density at radius 3 is 2.25 bits per heavy atom. The van der Waals surface area contributed by atoms with Crippen molar-refractivity contribution >= 4 is 20.0 Å². The lowest BCUT2D eigenvalue weighted by Gasteiger charge is -2.15. The maximum absolute atomic E-state index is 12.4. The number of nitrogens with one attached hydrogen (secondary N) is 1. The van der Waals surface area contributed by atoms with Crippen LogP contribution in [0, 0.1) is 6.92 Å². The van der Waals surface area contributed by atoms with E-state index in [1.54, 1.807) is 43.3 Å². The Bertz CT molecular complexity index is 936. The highest BCUT2D eigenvalue weighted by molar-refractivity contribution is 7.89. The van der Waals surface area contributed by atoms with Gasteiger partial charge in [0.05, 0.1) is 9.79 Å². The molecule has 0 saturated heterocycles. The third-order valence-electron chi connectivity index (χ3n) is 3.48. The summed E-state index contributed by atoms with van der Waals surface area (Å²) in [5.74, 6) is 0. The van der Waals surface area contributed by atoms with E-state index in [-0.39, 0.29) is 16.3 Å². The fourth-order valence-electron chi connectivity index (χ4n) is 2.14. The molecule has 0 aromatic heterocycles. The molecule has 0 spiro atoms. The predicted molar refractivity (Wildman–Crippen MR) is 92.5 cm³/mol. The molecule has 0 aliphatic heterocycles. The van der Waals surface area contributed by atoms with Crippen LogP contribution in [0.2, 0.25) is 0 Å². The zero-order chi connectivity index (χ0) is 18.0. The molecule has 0 amide bonds. The van der Waals surface area contributed by atoms with Crippen LogP contribution < -0.4 is 4.72 Å². The monoisotopic (exact) mass is 368 g/mol. The lowest BCUT2D eigenvalue weighted by molar-refractivity contribution is 0.519. The van der Waals surface area contributed by atoms with Crippen LogP contribution in [0.25, 0.3) is 0 Å². The van der Waals surface area contributed by atoms with E-state index in [0.29, 0.717) is 5.56 Å². The molecule has 24 heavy (non-hydrogen) atoms.